The number of aromatic nitrogens is 2. The number of nitrogens with zero attached hydrogens (tertiary/aromatic N) is 2. The van der Waals surface area contributed by atoms with Crippen LogP contribution in [-0.4, -0.2) is 21.7 Å². The van der Waals surface area contributed by atoms with Crippen molar-refractivity contribution in [3.63, 3.8) is 0 Å². The van der Waals surface area contributed by atoms with Gasteiger partial charge in [-0.1, -0.05) is 20.8 Å². The lowest BCUT2D eigenvalue weighted by molar-refractivity contribution is -0.122. The summed E-state index contributed by atoms with van der Waals surface area (Å²) in [7, 11) is 0. The number of carbonyl (C=O) groups excluding carboxylic acids is 1. The second-order valence-corrected chi connectivity index (χ2v) is 6.47. The van der Waals surface area contributed by atoms with E-state index in [0.29, 0.717) is 12.6 Å². The van der Waals surface area contributed by atoms with Gasteiger partial charge in [-0.2, -0.15) is 5.10 Å². The summed E-state index contributed by atoms with van der Waals surface area (Å²) in [5.41, 5.74) is 0.966. The van der Waals surface area contributed by atoms with Crippen LogP contribution in [0.25, 0.3) is 0 Å². The molecule has 1 aliphatic carbocycles. The Kier molecular flexibility index (Phi) is 3.30. The molecule has 1 amide bonds. The molecule has 0 aromatic carbocycles. The average molecular weight is 300 g/mol. The standard InChI is InChI=1S/C12H18BrN3O/c1-12(2,3)11-9(13)6-16(15-11)7-10(17)14-8-4-5-8/h6,8H,4-5,7H2,1-3H3,(H,14,17). The number of rotatable bonds is 3. The highest BCUT2D eigenvalue weighted by atomic mass is 79.9. The van der Waals surface area contributed by atoms with Crippen LogP contribution in [0.15, 0.2) is 10.7 Å². The first-order chi connectivity index (χ1) is 7.86. The number of hydrogen-bond acceptors (Lipinski definition) is 2. The Labute approximate surface area is 110 Å². The van der Waals surface area contributed by atoms with Gasteiger partial charge < -0.3 is 5.32 Å². The Morgan fingerprint density at radius 2 is 2.24 bits per heavy atom. The first-order valence-corrected chi connectivity index (χ1v) is 6.68. The molecule has 0 unspecified atom stereocenters. The van der Waals surface area contributed by atoms with Crippen molar-refractivity contribution in [1.82, 2.24) is 15.1 Å². The van der Waals surface area contributed by atoms with Crippen LogP contribution in [0, 0.1) is 0 Å². The highest BCUT2D eigenvalue weighted by Gasteiger charge is 2.24. The highest BCUT2D eigenvalue weighted by Crippen LogP contribution is 2.28. The molecule has 0 bridgehead atoms. The van der Waals surface area contributed by atoms with E-state index in [-0.39, 0.29) is 11.3 Å². The summed E-state index contributed by atoms with van der Waals surface area (Å²) in [5, 5.41) is 7.41. The minimum Gasteiger partial charge on any atom is -0.352 e. The maximum Gasteiger partial charge on any atom is 0.241 e. The molecule has 94 valence electrons. The van der Waals surface area contributed by atoms with Crippen molar-refractivity contribution in [2.75, 3.05) is 0 Å². The van der Waals surface area contributed by atoms with Crippen molar-refractivity contribution in [2.24, 2.45) is 0 Å². The Bertz CT molecular complexity index is 429. The van der Waals surface area contributed by atoms with Crippen LogP contribution in [0.3, 0.4) is 0 Å². The number of hydrogen-bond donors (Lipinski definition) is 1. The van der Waals surface area contributed by atoms with E-state index in [4.69, 9.17) is 0 Å². The van der Waals surface area contributed by atoms with Crippen LogP contribution in [0.2, 0.25) is 0 Å². The van der Waals surface area contributed by atoms with E-state index < -0.39 is 0 Å². The molecule has 1 aliphatic rings. The first-order valence-electron chi connectivity index (χ1n) is 5.89. The smallest absolute Gasteiger partial charge is 0.241 e. The molecule has 4 nitrogen and oxygen atoms in total. The second-order valence-electron chi connectivity index (χ2n) is 5.62. The quantitative estimate of drug-likeness (QED) is 0.930. The van der Waals surface area contributed by atoms with Gasteiger partial charge in [0.25, 0.3) is 0 Å². The molecule has 1 aromatic heterocycles. The Morgan fingerprint density at radius 1 is 1.59 bits per heavy atom. The zero-order chi connectivity index (χ0) is 12.6. The molecular formula is C12H18BrN3O. The van der Waals surface area contributed by atoms with E-state index in [0.717, 1.165) is 23.0 Å². The third-order valence-electron chi connectivity index (χ3n) is 2.68. The monoisotopic (exact) mass is 299 g/mol. The topological polar surface area (TPSA) is 46.9 Å². The third kappa shape index (κ3) is 3.31. The largest absolute Gasteiger partial charge is 0.352 e. The van der Waals surface area contributed by atoms with E-state index in [1.54, 1.807) is 4.68 Å². The lowest BCUT2D eigenvalue weighted by Gasteiger charge is -2.15. The molecule has 0 atom stereocenters. The molecule has 0 saturated heterocycles. The lowest BCUT2D eigenvalue weighted by Crippen LogP contribution is -2.29. The fourth-order valence-electron chi connectivity index (χ4n) is 1.63. The van der Waals surface area contributed by atoms with Crippen molar-refractivity contribution in [2.45, 2.75) is 51.6 Å². The van der Waals surface area contributed by atoms with Gasteiger partial charge in [0, 0.05) is 17.7 Å². The van der Waals surface area contributed by atoms with Gasteiger partial charge in [-0.15, -0.1) is 0 Å². The molecule has 1 N–H and O–H groups in total. The molecule has 0 aliphatic heterocycles. The van der Waals surface area contributed by atoms with Gasteiger partial charge in [0.05, 0.1) is 10.2 Å². The predicted molar refractivity (Wildman–Crippen MR) is 69.8 cm³/mol. The molecule has 2 rings (SSSR count). The Hall–Kier alpha value is -0.840. The molecule has 0 spiro atoms. The number of carbonyl (C=O) groups is 1. The number of amides is 1. The molecule has 1 aromatic rings. The van der Waals surface area contributed by atoms with Gasteiger partial charge in [0.1, 0.15) is 6.54 Å². The minimum atomic E-state index is -0.0168. The van der Waals surface area contributed by atoms with Crippen LogP contribution in [0.1, 0.15) is 39.3 Å². The van der Waals surface area contributed by atoms with E-state index in [2.05, 4.69) is 47.1 Å². The molecule has 1 saturated carbocycles. The highest BCUT2D eigenvalue weighted by molar-refractivity contribution is 9.10. The molecule has 1 fully saturated rings. The molecule has 17 heavy (non-hydrogen) atoms. The van der Waals surface area contributed by atoms with Crippen molar-refractivity contribution in [3.8, 4) is 0 Å². The summed E-state index contributed by atoms with van der Waals surface area (Å²) in [5.74, 6) is 0.0444. The van der Waals surface area contributed by atoms with Crippen LogP contribution in [-0.2, 0) is 16.8 Å². The predicted octanol–water partition coefficient (Wildman–Crippen LogP) is 2.22. The Morgan fingerprint density at radius 3 is 2.71 bits per heavy atom. The maximum atomic E-state index is 11.6. The molecule has 5 heteroatoms. The summed E-state index contributed by atoms with van der Waals surface area (Å²) in [6, 6.07) is 0.406. The van der Waals surface area contributed by atoms with Crippen LogP contribution in [0.5, 0.6) is 0 Å². The maximum absolute atomic E-state index is 11.6. The SMILES string of the molecule is CC(C)(C)c1nn(CC(=O)NC2CC2)cc1Br. The van der Waals surface area contributed by atoms with Crippen molar-refractivity contribution in [3.05, 3.63) is 16.4 Å². The number of halogens is 1. The Balaban J connectivity index is 2.03. The fourth-order valence-corrected chi connectivity index (χ4v) is 2.54. The number of nitrogens with one attached hydrogen (secondary N) is 1. The second kappa shape index (κ2) is 4.44. The molecular weight excluding hydrogens is 282 g/mol. The van der Waals surface area contributed by atoms with Gasteiger partial charge in [0.2, 0.25) is 5.91 Å². The van der Waals surface area contributed by atoms with E-state index in [9.17, 15) is 4.79 Å². The zero-order valence-electron chi connectivity index (χ0n) is 10.5. The third-order valence-corrected chi connectivity index (χ3v) is 3.26. The summed E-state index contributed by atoms with van der Waals surface area (Å²) < 4.78 is 2.66. The molecule has 1 heterocycles. The first kappa shape index (κ1) is 12.6. The van der Waals surface area contributed by atoms with Gasteiger partial charge in [-0.3, -0.25) is 9.48 Å². The summed E-state index contributed by atoms with van der Waals surface area (Å²) in [6.07, 6.45) is 4.09. The summed E-state index contributed by atoms with van der Waals surface area (Å²) in [4.78, 5) is 11.6. The molecule has 0 radical (unpaired) electrons. The van der Waals surface area contributed by atoms with E-state index in [1.165, 1.54) is 0 Å². The van der Waals surface area contributed by atoms with Crippen LogP contribution in [0.4, 0.5) is 0 Å². The van der Waals surface area contributed by atoms with Crippen molar-refractivity contribution in [1.29, 1.82) is 0 Å². The van der Waals surface area contributed by atoms with Crippen LogP contribution < -0.4 is 5.32 Å². The summed E-state index contributed by atoms with van der Waals surface area (Å²) in [6.45, 7) is 6.61. The summed E-state index contributed by atoms with van der Waals surface area (Å²) >= 11 is 3.49. The van der Waals surface area contributed by atoms with Gasteiger partial charge >= 0.3 is 0 Å². The van der Waals surface area contributed by atoms with Crippen molar-refractivity contribution < 1.29 is 4.79 Å². The van der Waals surface area contributed by atoms with Gasteiger partial charge in [-0.25, -0.2) is 0 Å². The van der Waals surface area contributed by atoms with Crippen molar-refractivity contribution >= 4 is 21.8 Å². The van der Waals surface area contributed by atoms with E-state index >= 15 is 0 Å². The van der Waals surface area contributed by atoms with E-state index in [1.807, 2.05) is 6.20 Å². The minimum absolute atomic E-state index is 0.0168. The lowest BCUT2D eigenvalue weighted by atomic mass is 9.93. The van der Waals surface area contributed by atoms with Gasteiger partial charge in [0.15, 0.2) is 0 Å². The average Bonchev–Trinajstić information content (AvgIpc) is 2.88. The van der Waals surface area contributed by atoms with Gasteiger partial charge in [-0.05, 0) is 28.8 Å². The fraction of sp³-hybridized carbons (Fsp3) is 0.667. The normalized spacial score (nSPS) is 16.0. The van der Waals surface area contributed by atoms with Crippen LogP contribution >= 0.6 is 15.9 Å². The zero-order valence-corrected chi connectivity index (χ0v) is 12.0.